The highest BCUT2D eigenvalue weighted by molar-refractivity contribution is 5.80. The molecule has 66 valence electrons. The van der Waals surface area contributed by atoms with Gasteiger partial charge in [-0.1, -0.05) is 6.08 Å². The molecule has 0 fully saturated rings. The second kappa shape index (κ2) is 3.01. The highest BCUT2D eigenvalue weighted by atomic mass is 16.3. The molecule has 0 unspecified atom stereocenters. The maximum Gasteiger partial charge on any atom is 0.139 e. The van der Waals surface area contributed by atoms with Crippen LogP contribution >= 0.6 is 0 Å². The summed E-state index contributed by atoms with van der Waals surface area (Å²) in [5, 5.41) is 0. The lowest BCUT2D eigenvalue weighted by Crippen LogP contribution is -2.30. The van der Waals surface area contributed by atoms with Gasteiger partial charge in [-0.05, 0) is 18.2 Å². The van der Waals surface area contributed by atoms with Crippen molar-refractivity contribution in [2.45, 2.75) is 5.41 Å². The predicted molar refractivity (Wildman–Crippen MR) is 48.9 cm³/mol. The summed E-state index contributed by atoms with van der Waals surface area (Å²) in [6.07, 6.45) is 7.70. The van der Waals surface area contributed by atoms with Crippen LogP contribution in [0.4, 0.5) is 0 Å². The van der Waals surface area contributed by atoms with Crippen molar-refractivity contribution < 1.29 is 9.21 Å². The van der Waals surface area contributed by atoms with Crippen LogP contribution in [0.1, 0.15) is 5.76 Å². The minimum Gasteiger partial charge on any atom is -0.468 e. The third kappa shape index (κ3) is 1.22. The monoisotopic (exact) mass is 175 g/mol. The summed E-state index contributed by atoms with van der Waals surface area (Å²) in [7, 11) is 0. The third-order valence-corrected chi connectivity index (χ3v) is 2.13. The first-order valence-electron chi connectivity index (χ1n) is 4.05. The molecule has 0 saturated carbocycles. The Morgan fingerprint density at radius 1 is 1.62 bits per heavy atom. The topological polar surface area (TPSA) is 42.6 Å². The maximum atomic E-state index is 11.0. The first-order valence-corrected chi connectivity index (χ1v) is 4.05. The van der Waals surface area contributed by atoms with Crippen molar-refractivity contribution in [2.24, 2.45) is 4.99 Å². The summed E-state index contributed by atoms with van der Waals surface area (Å²) in [6, 6.07) is 3.56. The van der Waals surface area contributed by atoms with Gasteiger partial charge in [0.1, 0.15) is 17.5 Å². The largest absolute Gasteiger partial charge is 0.468 e. The van der Waals surface area contributed by atoms with Gasteiger partial charge in [-0.25, -0.2) is 0 Å². The number of nitrogens with zero attached hydrogens (tertiary/aromatic N) is 1. The fraction of sp³-hybridized carbons (Fsp3) is 0.200. The number of aldehydes is 1. The van der Waals surface area contributed by atoms with Crippen molar-refractivity contribution in [1.29, 1.82) is 0 Å². The Hall–Kier alpha value is -1.64. The van der Waals surface area contributed by atoms with E-state index in [1.165, 1.54) is 0 Å². The van der Waals surface area contributed by atoms with Crippen molar-refractivity contribution in [2.75, 3.05) is 6.54 Å². The first kappa shape index (κ1) is 7.98. The Balaban J connectivity index is 2.42. The number of carbonyl (C=O) groups is 1. The van der Waals surface area contributed by atoms with Crippen molar-refractivity contribution in [3.8, 4) is 0 Å². The molecule has 1 atom stereocenters. The number of hydrogen-bond donors (Lipinski definition) is 0. The van der Waals surface area contributed by atoms with Crippen LogP contribution in [0, 0.1) is 0 Å². The summed E-state index contributed by atoms with van der Waals surface area (Å²) < 4.78 is 5.21. The van der Waals surface area contributed by atoms with Gasteiger partial charge in [-0.2, -0.15) is 0 Å². The molecule has 3 nitrogen and oxygen atoms in total. The molecule has 0 amide bonds. The van der Waals surface area contributed by atoms with E-state index in [-0.39, 0.29) is 0 Å². The lowest BCUT2D eigenvalue weighted by Gasteiger charge is -2.20. The molecule has 0 aliphatic carbocycles. The van der Waals surface area contributed by atoms with Gasteiger partial charge in [0.15, 0.2) is 0 Å². The van der Waals surface area contributed by atoms with E-state index in [1.54, 1.807) is 30.7 Å². The Morgan fingerprint density at radius 2 is 2.54 bits per heavy atom. The molecule has 0 bridgehead atoms. The highest BCUT2D eigenvalue weighted by Crippen LogP contribution is 2.26. The Kier molecular flexibility index (Phi) is 1.85. The molecule has 0 radical (unpaired) electrons. The number of furan rings is 1. The number of aliphatic imine (C=N–C) groups is 1. The molecule has 1 aliphatic rings. The quantitative estimate of drug-likeness (QED) is 0.637. The van der Waals surface area contributed by atoms with E-state index in [4.69, 9.17) is 4.42 Å². The molecule has 2 rings (SSSR count). The molecule has 0 N–H and O–H groups in total. The molecule has 1 aliphatic heterocycles. The molecule has 0 aromatic carbocycles. The first-order chi connectivity index (χ1) is 6.37. The highest BCUT2D eigenvalue weighted by Gasteiger charge is 2.32. The van der Waals surface area contributed by atoms with E-state index in [1.807, 2.05) is 6.08 Å². The van der Waals surface area contributed by atoms with E-state index in [2.05, 4.69) is 4.99 Å². The van der Waals surface area contributed by atoms with Crippen molar-refractivity contribution in [1.82, 2.24) is 0 Å². The van der Waals surface area contributed by atoms with Gasteiger partial charge in [0.25, 0.3) is 0 Å². The predicted octanol–water partition coefficient (Wildman–Crippen LogP) is 1.36. The molecule has 3 heteroatoms. The minimum absolute atomic E-state index is 0.431. The summed E-state index contributed by atoms with van der Waals surface area (Å²) in [5.41, 5.74) is -0.682. The van der Waals surface area contributed by atoms with Crippen molar-refractivity contribution in [3.63, 3.8) is 0 Å². The molecule has 0 spiro atoms. The minimum atomic E-state index is -0.682. The molecule has 1 aromatic heterocycles. The fourth-order valence-corrected chi connectivity index (χ4v) is 1.37. The van der Waals surface area contributed by atoms with Gasteiger partial charge >= 0.3 is 0 Å². The van der Waals surface area contributed by atoms with E-state index in [9.17, 15) is 4.79 Å². The van der Waals surface area contributed by atoms with Crippen LogP contribution in [0.2, 0.25) is 0 Å². The Bertz CT molecular complexity index is 351. The Morgan fingerprint density at radius 3 is 3.08 bits per heavy atom. The van der Waals surface area contributed by atoms with Gasteiger partial charge in [0, 0.05) is 6.21 Å². The lowest BCUT2D eigenvalue weighted by atomic mass is 9.85. The lowest BCUT2D eigenvalue weighted by molar-refractivity contribution is -0.111. The summed E-state index contributed by atoms with van der Waals surface area (Å²) in [4.78, 5) is 15.0. The second-order valence-corrected chi connectivity index (χ2v) is 2.98. The Labute approximate surface area is 75.8 Å². The average molecular weight is 175 g/mol. The summed E-state index contributed by atoms with van der Waals surface area (Å²) in [6.45, 7) is 0.431. The van der Waals surface area contributed by atoms with E-state index in [0.29, 0.717) is 12.3 Å². The normalized spacial score (nSPS) is 26.2. The fourth-order valence-electron chi connectivity index (χ4n) is 1.37. The van der Waals surface area contributed by atoms with Crippen LogP contribution in [-0.2, 0) is 10.2 Å². The van der Waals surface area contributed by atoms with Crippen molar-refractivity contribution in [3.05, 3.63) is 36.3 Å². The second-order valence-electron chi connectivity index (χ2n) is 2.98. The zero-order valence-corrected chi connectivity index (χ0v) is 7.01. The van der Waals surface area contributed by atoms with Crippen LogP contribution in [0.15, 0.2) is 40.0 Å². The third-order valence-electron chi connectivity index (χ3n) is 2.13. The smallest absolute Gasteiger partial charge is 0.139 e. The zero-order chi connectivity index (χ0) is 9.15. The number of dihydropyridines is 1. The van der Waals surface area contributed by atoms with Gasteiger partial charge in [-0.15, -0.1) is 0 Å². The number of hydrogen-bond acceptors (Lipinski definition) is 3. The summed E-state index contributed by atoms with van der Waals surface area (Å²) in [5.74, 6) is 0.649. The van der Waals surface area contributed by atoms with Crippen LogP contribution in [0.25, 0.3) is 0 Å². The average Bonchev–Trinajstić information content (AvgIpc) is 2.72. The SMILES string of the molecule is O=C[C@@]1(c2ccco2)C=CC=NC1. The number of rotatable bonds is 2. The summed E-state index contributed by atoms with van der Waals surface area (Å²) >= 11 is 0. The zero-order valence-electron chi connectivity index (χ0n) is 7.01. The van der Waals surface area contributed by atoms with Gasteiger partial charge in [0.2, 0.25) is 0 Å². The van der Waals surface area contributed by atoms with Crippen molar-refractivity contribution >= 4 is 12.5 Å². The van der Waals surface area contributed by atoms with Crippen LogP contribution < -0.4 is 0 Å². The molecule has 2 heterocycles. The van der Waals surface area contributed by atoms with Gasteiger partial charge < -0.3 is 9.21 Å². The number of carbonyl (C=O) groups excluding carboxylic acids is 1. The van der Waals surface area contributed by atoms with Crippen LogP contribution in [-0.4, -0.2) is 19.0 Å². The number of allylic oxidation sites excluding steroid dienone is 1. The van der Waals surface area contributed by atoms with Crippen LogP contribution in [0.5, 0.6) is 0 Å². The van der Waals surface area contributed by atoms with E-state index < -0.39 is 5.41 Å². The van der Waals surface area contributed by atoms with E-state index in [0.717, 1.165) is 6.29 Å². The molecular weight excluding hydrogens is 166 g/mol. The molecule has 0 saturated heterocycles. The van der Waals surface area contributed by atoms with Crippen LogP contribution in [0.3, 0.4) is 0 Å². The maximum absolute atomic E-state index is 11.0. The molecule has 1 aromatic rings. The van der Waals surface area contributed by atoms with Gasteiger partial charge in [-0.3, -0.25) is 4.99 Å². The van der Waals surface area contributed by atoms with E-state index >= 15 is 0 Å². The standard InChI is InChI=1S/C10H9NO2/c12-8-10(4-2-5-11-7-10)9-3-1-6-13-9/h1-6,8H,7H2/t10-/m1/s1. The molecule has 13 heavy (non-hydrogen) atoms. The van der Waals surface area contributed by atoms with Gasteiger partial charge in [0.05, 0.1) is 12.8 Å². The molecular formula is C10H9NO2.